The number of carbonyl (C=O) groups is 1. The van der Waals surface area contributed by atoms with Gasteiger partial charge in [0.2, 0.25) is 5.91 Å². The molecule has 0 aliphatic carbocycles. The van der Waals surface area contributed by atoms with E-state index in [0.29, 0.717) is 13.0 Å². The number of nitrogens with zero attached hydrogens (tertiary/aromatic N) is 1. The molecule has 2 heterocycles. The highest BCUT2D eigenvalue weighted by atomic mass is 32.1. The summed E-state index contributed by atoms with van der Waals surface area (Å²) in [7, 11) is 0. The molecule has 2 rings (SSSR count). The number of hydrogen-bond donors (Lipinski definition) is 2. The second-order valence-electron chi connectivity index (χ2n) is 4.67. The Morgan fingerprint density at radius 1 is 1.56 bits per heavy atom. The van der Waals surface area contributed by atoms with Crippen LogP contribution >= 0.6 is 11.3 Å². The van der Waals surface area contributed by atoms with Crippen molar-refractivity contribution in [3.63, 3.8) is 0 Å². The van der Waals surface area contributed by atoms with Crippen molar-refractivity contribution in [2.45, 2.75) is 39.3 Å². The monoisotopic (exact) mass is 269 g/mol. The minimum Gasteiger partial charge on any atom is -0.352 e. The van der Waals surface area contributed by atoms with E-state index in [1.807, 2.05) is 13.8 Å². The summed E-state index contributed by atoms with van der Waals surface area (Å²) < 4.78 is 1.69. The zero-order valence-electron chi connectivity index (χ0n) is 10.8. The Bertz CT molecular complexity index is 486. The van der Waals surface area contributed by atoms with E-state index in [-0.39, 0.29) is 16.8 Å². The van der Waals surface area contributed by atoms with Crippen LogP contribution in [0.4, 0.5) is 0 Å². The van der Waals surface area contributed by atoms with Gasteiger partial charge >= 0.3 is 4.87 Å². The Labute approximate surface area is 110 Å². The Balaban J connectivity index is 1.87. The summed E-state index contributed by atoms with van der Waals surface area (Å²) in [5.41, 5.74) is 0.973. The van der Waals surface area contributed by atoms with Gasteiger partial charge in [0.05, 0.1) is 0 Å². The first-order valence-corrected chi connectivity index (χ1v) is 7.06. The first kappa shape index (κ1) is 13.3. The number of amides is 1. The molecule has 0 saturated carbocycles. The fraction of sp³-hybridized carbons (Fsp3) is 0.667. The third-order valence-corrected chi connectivity index (χ3v) is 4.36. The maximum atomic E-state index is 11.8. The summed E-state index contributed by atoms with van der Waals surface area (Å²) in [6, 6.07) is 0.250. The number of nitrogens with one attached hydrogen (secondary N) is 2. The SMILES string of the molecule is Cc1sc(=O)n(CCC(=O)NC2CCNC2)c1C. The van der Waals surface area contributed by atoms with Gasteiger partial charge in [0.1, 0.15) is 0 Å². The van der Waals surface area contributed by atoms with Crippen molar-refractivity contribution in [3.05, 3.63) is 20.2 Å². The molecule has 1 aromatic rings. The van der Waals surface area contributed by atoms with E-state index in [1.165, 1.54) is 11.3 Å². The van der Waals surface area contributed by atoms with Gasteiger partial charge in [-0.05, 0) is 26.8 Å². The number of rotatable bonds is 4. The van der Waals surface area contributed by atoms with Crippen molar-refractivity contribution >= 4 is 17.2 Å². The van der Waals surface area contributed by atoms with Crippen molar-refractivity contribution < 1.29 is 4.79 Å². The smallest absolute Gasteiger partial charge is 0.307 e. The van der Waals surface area contributed by atoms with Crippen LogP contribution in [0.5, 0.6) is 0 Å². The van der Waals surface area contributed by atoms with Gasteiger partial charge in [-0.3, -0.25) is 9.59 Å². The molecule has 1 aliphatic rings. The molecule has 6 heteroatoms. The fourth-order valence-electron chi connectivity index (χ4n) is 2.14. The quantitative estimate of drug-likeness (QED) is 0.831. The van der Waals surface area contributed by atoms with Gasteiger partial charge in [0.15, 0.2) is 0 Å². The molecular weight excluding hydrogens is 250 g/mol. The van der Waals surface area contributed by atoms with Gasteiger partial charge in [-0.2, -0.15) is 0 Å². The first-order valence-electron chi connectivity index (χ1n) is 6.25. The van der Waals surface area contributed by atoms with Crippen molar-refractivity contribution in [2.24, 2.45) is 0 Å². The van der Waals surface area contributed by atoms with Crippen LogP contribution in [0.25, 0.3) is 0 Å². The summed E-state index contributed by atoms with van der Waals surface area (Å²) in [5, 5.41) is 6.19. The highest BCUT2D eigenvalue weighted by Crippen LogP contribution is 2.09. The Hall–Kier alpha value is -1.14. The molecule has 1 aliphatic heterocycles. The molecule has 5 nitrogen and oxygen atoms in total. The van der Waals surface area contributed by atoms with Gasteiger partial charge < -0.3 is 15.2 Å². The number of aromatic nitrogens is 1. The number of thiazole rings is 1. The van der Waals surface area contributed by atoms with Crippen molar-refractivity contribution in [2.75, 3.05) is 13.1 Å². The maximum Gasteiger partial charge on any atom is 0.307 e. The van der Waals surface area contributed by atoms with E-state index < -0.39 is 0 Å². The topological polar surface area (TPSA) is 63.1 Å². The predicted molar refractivity (Wildman–Crippen MR) is 72.1 cm³/mol. The van der Waals surface area contributed by atoms with Crippen molar-refractivity contribution in [1.29, 1.82) is 0 Å². The molecule has 0 aromatic carbocycles. The van der Waals surface area contributed by atoms with Gasteiger partial charge in [0.25, 0.3) is 0 Å². The first-order chi connectivity index (χ1) is 8.58. The van der Waals surface area contributed by atoms with Crippen LogP contribution in [0.3, 0.4) is 0 Å². The molecule has 18 heavy (non-hydrogen) atoms. The summed E-state index contributed by atoms with van der Waals surface area (Å²) >= 11 is 1.25. The molecule has 1 atom stereocenters. The molecule has 0 bridgehead atoms. The van der Waals surface area contributed by atoms with E-state index in [9.17, 15) is 9.59 Å². The number of aryl methyl sites for hydroxylation is 1. The molecular formula is C12H19N3O2S. The minimum absolute atomic E-state index is 0.0267. The van der Waals surface area contributed by atoms with Crippen LogP contribution in [-0.4, -0.2) is 29.6 Å². The molecule has 100 valence electrons. The zero-order valence-corrected chi connectivity index (χ0v) is 11.6. The van der Waals surface area contributed by atoms with Gasteiger partial charge in [0, 0.05) is 36.1 Å². The maximum absolute atomic E-state index is 11.8. The summed E-state index contributed by atoms with van der Waals surface area (Å²) in [6.07, 6.45) is 1.36. The van der Waals surface area contributed by atoms with Crippen LogP contribution in [0.2, 0.25) is 0 Å². The number of carbonyl (C=O) groups excluding carboxylic acids is 1. The lowest BCUT2D eigenvalue weighted by atomic mass is 10.2. The molecule has 0 spiro atoms. The Kier molecular flexibility index (Phi) is 4.19. The summed E-state index contributed by atoms with van der Waals surface area (Å²) in [4.78, 5) is 24.5. The lowest BCUT2D eigenvalue weighted by molar-refractivity contribution is -0.121. The lowest BCUT2D eigenvalue weighted by Crippen LogP contribution is -2.37. The predicted octanol–water partition coefficient (Wildman–Crippen LogP) is 0.395. The molecule has 1 amide bonds. The average Bonchev–Trinajstić information content (AvgIpc) is 2.88. The summed E-state index contributed by atoms with van der Waals surface area (Å²) in [6.45, 7) is 6.14. The molecule has 0 radical (unpaired) electrons. The van der Waals surface area contributed by atoms with Crippen LogP contribution in [-0.2, 0) is 11.3 Å². The highest BCUT2D eigenvalue weighted by molar-refractivity contribution is 7.09. The Morgan fingerprint density at radius 2 is 2.33 bits per heavy atom. The van der Waals surface area contributed by atoms with Crippen molar-refractivity contribution in [3.8, 4) is 0 Å². The average molecular weight is 269 g/mol. The van der Waals surface area contributed by atoms with Crippen molar-refractivity contribution in [1.82, 2.24) is 15.2 Å². The number of hydrogen-bond acceptors (Lipinski definition) is 4. The zero-order chi connectivity index (χ0) is 13.1. The van der Waals surface area contributed by atoms with E-state index in [1.54, 1.807) is 4.57 Å². The van der Waals surface area contributed by atoms with Crippen LogP contribution in [0, 0.1) is 13.8 Å². The van der Waals surface area contributed by atoms with Gasteiger partial charge in [-0.1, -0.05) is 11.3 Å². The molecule has 1 unspecified atom stereocenters. The van der Waals surface area contributed by atoms with Crippen LogP contribution in [0.1, 0.15) is 23.4 Å². The molecule has 1 saturated heterocycles. The van der Waals surface area contributed by atoms with Crippen LogP contribution < -0.4 is 15.5 Å². The molecule has 1 fully saturated rings. The summed E-state index contributed by atoms with van der Waals surface area (Å²) in [5.74, 6) is 0.0267. The third kappa shape index (κ3) is 3.00. The third-order valence-electron chi connectivity index (χ3n) is 3.36. The van der Waals surface area contributed by atoms with Gasteiger partial charge in [-0.15, -0.1) is 0 Å². The fourth-order valence-corrected chi connectivity index (χ4v) is 3.00. The molecule has 1 aromatic heterocycles. The minimum atomic E-state index is 0.0267. The highest BCUT2D eigenvalue weighted by Gasteiger charge is 2.17. The molecule has 2 N–H and O–H groups in total. The Morgan fingerprint density at radius 3 is 2.89 bits per heavy atom. The van der Waals surface area contributed by atoms with E-state index in [0.717, 1.165) is 30.1 Å². The lowest BCUT2D eigenvalue weighted by Gasteiger charge is -2.11. The second kappa shape index (κ2) is 5.67. The van der Waals surface area contributed by atoms with E-state index >= 15 is 0 Å². The standard InChI is InChI=1S/C12H19N3O2S/c1-8-9(2)18-12(17)15(8)6-4-11(16)14-10-3-5-13-7-10/h10,13H,3-7H2,1-2H3,(H,14,16). The van der Waals surface area contributed by atoms with Crippen LogP contribution in [0.15, 0.2) is 4.79 Å². The van der Waals surface area contributed by atoms with E-state index in [2.05, 4.69) is 10.6 Å². The second-order valence-corrected chi connectivity index (χ2v) is 5.83. The van der Waals surface area contributed by atoms with E-state index in [4.69, 9.17) is 0 Å². The normalized spacial score (nSPS) is 19.1. The van der Waals surface area contributed by atoms with Gasteiger partial charge in [-0.25, -0.2) is 0 Å². The largest absolute Gasteiger partial charge is 0.352 e.